The van der Waals surface area contributed by atoms with Crippen LogP contribution in [0.25, 0.3) is 0 Å². The molecule has 4 N–H and O–H groups in total. The van der Waals surface area contributed by atoms with E-state index in [9.17, 15) is 5.11 Å². The Balaban J connectivity index is 2.48. The third-order valence-corrected chi connectivity index (χ3v) is 2.52. The first-order chi connectivity index (χ1) is 7.49. The van der Waals surface area contributed by atoms with Gasteiger partial charge >= 0.3 is 0 Å². The summed E-state index contributed by atoms with van der Waals surface area (Å²) in [5.41, 5.74) is 8.59. The smallest absolute Gasteiger partial charge is 0.0715 e. The van der Waals surface area contributed by atoms with Gasteiger partial charge in [0.2, 0.25) is 0 Å². The Morgan fingerprint density at radius 1 is 1.38 bits per heavy atom. The molecule has 0 fully saturated rings. The van der Waals surface area contributed by atoms with Gasteiger partial charge in [-0.15, -0.1) is 0 Å². The highest BCUT2D eigenvalue weighted by Gasteiger charge is 2.07. The zero-order valence-electron chi connectivity index (χ0n) is 10.3. The first kappa shape index (κ1) is 12.8. The lowest BCUT2D eigenvalue weighted by molar-refractivity contribution is 0.161. The number of benzene rings is 1. The molecule has 3 nitrogen and oxygen atoms in total. The lowest BCUT2D eigenvalue weighted by Gasteiger charge is -2.16. The molecule has 90 valence electrons. The van der Waals surface area contributed by atoms with Gasteiger partial charge in [0.25, 0.3) is 0 Å². The van der Waals surface area contributed by atoms with Crippen LogP contribution in [0.15, 0.2) is 18.2 Å². The van der Waals surface area contributed by atoms with Gasteiger partial charge in [-0.2, -0.15) is 0 Å². The first-order valence-corrected chi connectivity index (χ1v) is 5.77. The van der Waals surface area contributed by atoms with Crippen molar-refractivity contribution < 1.29 is 5.11 Å². The van der Waals surface area contributed by atoms with E-state index in [1.807, 2.05) is 25.1 Å². The van der Waals surface area contributed by atoms with E-state index in [1.54, 1.807) is 0 Å². The van der Waals surface area contributed by atoms with Gasteiger partial charge in [-0.05, 0) is 43.0 Å². The maximum absolute atomic E-state index is 9.74. The standard InChI is InChI=1S/C13H22N2O/c1-9(2)6-12(16)8-15-13-5-4-11(14)7-10(13)3/h4-5,7,9,12,15-16H,6,8,14H2,1-3H3. The van der Waals surface area contributed by atoms with Gasteiger partial charge in [-0.25, -0.2) is 0 Å². The van der Waals surface area contributed by atoms with Crippen molar-refractivity contribution in [2.24, 2.45) is 5.92 Å². The quantitative estimate of drug-likeness (QED) is 0.670. The molecule has 0 bridgehead atoms. The highest BCUT2D eigenvalue weighted by molar-refractivity contribution is 5.57. The summed E-state index contributed by atoms with van der Waals surface area (Å²) >= 11 is 0. The summed E-state index contributed by atoms with van der Waals surface area (Å²) in [6, 6.07) is 5.74. The maximum Gasteiger partial charge on any atom is 0.0715 e. The fourth-order valence-electron chi connectivity index (χ4n) is 1.74. The number of hydrogen-bond donors (Lipinski definition) is 3. The summed E-state index contributed by atoms with van der Waals surface area (Å²) in [6.45, 7) is 6.81. The fraction of sp³-hybridized carbons (Fsp3) is 0.538. The average molecular weight is 222 g/mol. The van der Waals surface area contributed by atoms with Gasteiger partial charge < -0.3 is 16.2 Å². The normalized spacial score (nSPS) is 12.8. The molecule has 1 unspecified atom stereocenters. The van der Waals surface area contributed by atoms with Crippen LogP contribution >= 0.6 is 0 Å². The number of anilines is 2. The molecular formula is C13H22N2O. The summed E-state index contributed by atoms with van der Waals surface area (Å²) in [7, 11) is 0. The minimum Gasteiger partial charge on any atom is -0.399 e. The predicted molar refractivity (Wildman–Crippen MR) is 69.5 cm³/mol. The summed E-state index contributed by atoms with van der Waals surface area (Å²) in [5, 5.41) is 13.0. The first-order valence-electron chi connectivity index (χ1n) is 5.77. The van der Waals surface area contributed by atoms with Gasteiger partial charge in [0.1, 0.15) is 0 Å². The second kappa shape index (κ2) is 5.75. The summed E-state index contributed by atoms with van der Waals surface area (Å²) in [5.74, 6) is 0.518. The number of nitrogens with one attached hydrogen (secondary N) is 1. The minimum atomic E-state index is -0.294. The predicted octanol–water partition coefficient (Wildman–Crippen LogP) is 2.40. The molecule has 0 aliphatic rings. The van der Waals surface area contributed by atoms with E-state index in [-0.39, 0.29) is 6.10 Å². The van der Waals surface area contributed by atoms with Crippen LogP contribution in [0, 0.1) is 12.8 Å². The van der Waals surface area contributed by atoms with Crippen LogP contribution in [-0.4, -0.2) is 17.8 Å². The molecule has 0 saturated carbocycles. The van der Waals surface area contributed by atoms with Crippen molar-refractivity contribution in [2.75, 3.05) is 17.6 Å². The zero-order chi connectivity index (χ0) is 12.1. The Kier molecular flexibility index (Phi) is 4.62. The van der Waals surface area contributed by atoms with Crippen LogP contribution in [0.3, 0.4) is 0 Å². The zero-order valence-corrected chi connectivity index (χ0v) is 10.3. The van der Waals surface area contributed by atoms with Crippen LogP contribution in [0.5, 0.6) is 0 Å². The molecule has 0 heterocycles. The topological polar surface area (TPSA) is 58.3 Å². The van der Waals surface area contributed by atoms with E-state index in [0.29, 0.717) is 12.5 Å². The number of rotatable bonds is 5. The van der Waals surface area contributed by atoms with Crippen molar-refractivity contribution in [3.8, 4) is 0 Å². The molecule has 1 aromatic rings. The van der Waals surface area contributed by atoms with Gasteiger partial charge in [-0.1, -0.05) is 13.8 Å². The lowest BCUT2D eigenvalue weighted by Crippen LogP contribution is -2.21. The third kappa shape index (κ3) is 4.11. The highest BCUT2D eigenvalue weighted by Crippen LogP contribution is 2.17. The summed E-state index contributed by atoms with van der Waals surface area (Å²) in [6.07, 6.45) is 0.526. The van der Waals surface area contributed by atoms with Crippen molar-refractivity contribution in [2.45, 2.75) is 33.3 Å². The van der Waals surface area contributed by atoms with Crippen molar-refractivity contribution in [1.82, 2.24) is 0 Å². The SMILES string of the molecule is Cc1cc(N)ccc1NCC(O)CC(C)C. The number of nitrogen functional groups attached to an aromatic ring is 1. The second-order valence-electron chi connectivity index (χ2n) is 4.74. The van der Waals surface area contributed by atoms with E-state index in [2.05, 4.69) is 19.2 Å². The Morgan fingerprint density at radius 3 is 2.62 bits per heavy atom. The molecule has 0 aromatic heterocycles. The largest absolute Gasteiger partial charge is 0.399 e. The molecule has 0 aliphatic carbocycles. The Hall–Kier alpha value is -1.22. The molecule has 0 radical (unpaired) electrons. The van der Waals surface area contributed by atoms with Gasteiger partial charge in [0.15, 0.2) is 0 Å². The average Bonchev–Trinajstić information content (AvgIpc) is 2.15. The molecule has 3 heteroatoms. The monoisotopic (exact) mass is 222 g/mol. The van der Waals surface area contributed by atoms with Crippen LogP contribution in [0.1, 0.15) is 25.8 Å². The molecule has 16 heavy (non-hydrogen) atoms. The summed E-state index contributed by atoms with van der Waals surface area (Å²) in [4.78, 5) is 0. The fourth-order valence-corrected chi connectivity index (χ4v) is 1.74. The second-order valence-corrected chi connectivity index (χ2v) is 4.74. The molecule has 0 saturated heterocycles. The van der Waals surface area contributed by atoms with Crippen LogP contribution in [-0.2, 0) is 0 Å². The molecule has 1 rings (SSSR count). The van der Waals surface area contributed by atoms with Crippen LogP contribution in [0.2, 0.25) is 0 Å². The molecular weight excluding hydrogens is 200 g/mol. The molecule has 0 aliphatic heterocycles. The van der Waals surface area contributed by atoms with Crippen molar-refractivity contribution in [1.29, 1.82) is 0 Å². The number of hydrogen-bond acceptors (Lipinski definition) is 3. The van der Waals surface area contributed by atoms with E-state index in [4.69, 9.17) is 5.73 Å². The molecule has 0 amide bonds. The van der Waals surface area contributed by atoms with Gasteiger partial charge in [0.05, 0.1) is 6.10 Å². The molecule has 0 spiro atoms. The Bertz CT molecular complexity index is 337. The van der Waals surface area contributed by atoms with Gasteiger partial charge in [-0.3, -0.25) is 0 Å². The Labute approximate surface area is 97.7 Å². The van der Waals surface area contributed by atoms with Crippen molar-refractivity contribution >= 4 is 11.4 Å². The van der Waals surface area contributed by atoms with Crippen LogP contribution < -0.4 is 11.1 Å². The lowest BCUT2D eigenvalue weighted by atomic mass is 10.1. The van der Waals surface area contributed by atoms with E-state index in [0.717, 1.165) is 23.4 Å². The minimum absolute atomic E-state index is 0.294. The maximum atomic E-state index is 9.74. The van der Waals surface area contributed by atoms with E-state index < -0.39 is 0 Å². The number of nitrogens with two attached hydrogens (primary N) is 1. The van der Waals surface area contributed by atoms with E-state index >= 15 is 0 Å². The third-order valence-electron chi connectivity index (χ3n) is 2.52. The van der Waals surface area contributed by atoms with Gasteiger partial charge in [0, 0.05) is 17.9 Å². The summed E-state index contributed by atoms with van der Waals surface area (Å²) < 4.78 is 0. The molecule has 1 atom stereocenters. The highest BCUT2D eigenvalue weighted by atomic mass is 16.3. The molecule has 1 aromatic carbocycles. The van der Waals surface area contributed by atoms with Crippen molar-refractivity contribution in [3.05, 3.63) is 23.8 Å². The number of aliphatic hydroxyl groups excluding tert-OH is 1. The van der Waals surface area contributed by atoms with E-state index in [1.165, 1.54) is 0 Å². The Morgan fingerprint density at radius 2 is 2.06 bits per heavy atom. The number of aliphatic hydroxyl groups is 1. The van der Waals surface area contributed by atoms with Crippen LogP contribution in [0.4, 0.5) is 11.4 Å². The van der Waals surface area contributed by atoms with Crippen molar-refractivity contribution in [3.63, 3.8) is 0 Å². The number of aryl methyl sites for hydroxylation is 1.